The minimum atomic E-state index is -0.488. The number of hydrogen-bond acceptors (Lipinski definition) is 6. The van der Waals surface area contributed by atoms with Crippen molar-refractivity contribution in [1.82, 2.24) is 5.32 Å². The van der Waals surface area contributed by atoms with E-state index in [2.05, 4.69) is 11.9 Å². The van der Waals surface area contributed by atoms with Crippen LogP contribution in [-0.2, 0) is 14.3 Å². The van der Waals surface area contributed by atoms with Crippen LogP contribution in [0.5, 0.6) is 5.75 Å². The molecule has 30 heavy (non-hydrogen) atoms. The summed E-state index contributed by atoms with van der Waals surface area (Å²) < 4.78 is 12.5. The second-order valence-corrected chi connectivity index (χ2v) is 7.90. The average molecular weight is 426 g/mol. The number of esters is 1. The third-order valence-corrected chi connectivity index (χ3v) is 5.77. The number of nitrogens with one attached hydrogen (secondary N) is 1. The molecule has 0 bridgehead atoms. The summed E-state index contributed by atoms with van der Waals surface area (Å²) in [5.41, 5.74) is 1.58. The van der Waals surface area contributed by atoms with Gasteiger partial charge in [-0.3, -0.25) is 9.59 Å². The van der Waals surface area contributed by atoms with Crippen LogP contribution in [-0.4, -0.2) is 31.6 Å². The Morgan fingerprint density at radius 1 is 1.20 bits per heavy atom. The molecule has 3 rings (SSSR count). The van der Waals surface area contributed by atoms with Crippen molar-refractivity contribution in [1.29, 1.82) is 0 Å². The minimum absolute atomic E-state index is 0.0276. The van der Waals surface area contributed by atoms with Crippen LogP contribution in [0.3, 0.4) is 0 Å². The lowest BCUT2D eigenvalue weighted by atomic mass is 10.0. The molecule has 0 radical (unpaired) electrons. The van der Waals surface area contributed by atoms with E-state index in [-0.39, 0.29) is 24.5 Å². The van der Waals surface area contributed by atoms with E-state index in [9.17, 15) is 14.4 Å². The molecule has 1 heterocycles. The maximum absolute atomic E-state index is 13.0. The fourth-order valence-electron chi connectivity index (χ4n) is 3.23. The number of rotatable bonds is 8. The third-order valence-electron chi connectivity index (χ3n) is 4.65. The Hall–Kier alpha value is -3.19. The molecule has 0 aliphatic carbocycles. The second kappa shape index (κ2) is 9.54. The molecule has 7 heteroatoms. The van der Waals surface area contributed by atoms with Crippen LogP contribution < -0.4 is 15.5 Å². The van der Waals surface area contributed by atoms with Crippen LogP contribution >= 0.6 is 11.3 Å². The summed E-state index contributed by atoms with van der Waals surface area (Å²) in [4.78, 5) is 36.0. The lowest BCUT2D eigenvalue weighted by molar-refractivity contribution is -0.137. The van der Waals surface area contributed by atoms with Gasteiger partial charge in [0.05, 0.1) is 6.61 Å². The van der Waals surface area contributed by atoms with Crippen LogP contribution in [0, 0.1) is 13.8 Å². The van der Waals surface area contributed by atoms with Gasteiger partial charge in [0, 0.05) is 38.4 Å². The summed E-state index contributed by atoms with van der Waals surface area (Å²) in [7, 11) is 0. The molecule has 0 fully saturated rings. The van der Waals surface area contributed by atoms with Gasteiger partial charge in [0.1, 0.15) is 5.75 Å². The zero-order valence-corrected chi connectivity index (χ0v) is 17.8. The predicted octanol–water partition coefficient (Wildman–Crippen LogP) is 3.65. The zero-order chi connectivity index (χ0) is 21.7. The van der Waals surface area contributed by atoms with E-state index in [0.29, 0.717) is 29.5 Å². The van der Waals surface area contributed by atoms with Crippen molar-refractivity contribution < 1.29 is 19.1 Å². The normalized spacial score (nSPS) is 10.7. The Morgan fingerprint density at radius 3 is 2.73 bits per heavy atom. The van der Waals surface area contributed by atoms with E-state index in [4.69, 9.17) is 9.47 Å². The molecule has 2 aromatic carbocycles. The van der Waals surface area contributed by atoms with Gasteiger partial charge in [-0.2, -0.15) is 0 Å². The van der Waals surface area contributed by atoms with Gasteiger partial charge in [-0.1, -0.05) is 18.7 Å². The lowest BCUT2D eigenvalue weighted by Crippen LogP contribution is -2.30. The maximum atomic E-state index is 13.0. The summed E-state index contributed by atoms with van der Waals surface area (Å²) in [5, 5.41) is 4.03. The van der Waals surface area contributed by atoms with Gasteiger partial charge >= 0.3 is 5.97 Å². The summed E-state index contributed by atoms with van der Waals surface area (Å²) in [6.07, 6.45) is 1.59. The van der Waals surface area contributed by atoms with Gasteiger partial charge in [-0.15, -0.1) is 11.3 Å². The number of amides is 1. The van der Waals surface area contributed by atoms with Gasteiger partial charge < -0.3 is 14.8 Å². The molecular weight excluding hydrogens is 402 g/mol. The maximum Gasteiger partial charge on any atom is 0.330 e. The number of fused-ring (bicyclic) bond motifs is 2. The van der Waals surface area contributed by atoms with Gasteiger partial charge in [0.15, 0.2) is 12.0 Å². The molecule has 1 aromatic heterocycles. The molecule has 0 spiro atoms. The monoisotopic (exact) mass is 425 g/mol. The number of hydrogen-bond donors (Lipinski definition) is 1. The fraction of sp³-hybridized carbons (Fsp3) is 0.261. The predicted molar refractivity (Wildman–Crippen MR) is 119 cm³/mol. The van der Waals surface area contributed by atoms with Crippen LogP contribution in [0.1, 0.15) is 17.5 Å². The van der Waals surface area contributed by atoms with Crippen LogP contribution in [0.25, 0.3) is 20.2 Å². The van der Waals surface area contributed by atoms with E-state index < -0.39 is 5.97 Å². The smallest absolute Gasteiger partial charge is 0.330 e. The summed E-state index contributed by atoms with van der Waals surface area (Å²) in [5.74, 6) is -0.219. The Morgan fingerprint density at radius 2 is 1.97 bits per heavy atom. The number of aryl methyl sites for hydroxylation is 2. The van der Waals surface area contributed by atoms with Crippen molar-refractivity contribution in [3.05, 3.63) is 64.3 Å². The van der Waals surface area contributed by atoms with E-state index in [0.717, 1.165) is 26.6 Å². The molecule has 0 aliphatic heterocycles. The van der Waals surface area contributed by atoms with Crippen molar-refractivity contribution in [2.75, 3.05) is 19.8 Å². The molecule has 0 saturated heterocycles. The van der Waals surface area contributed by atoms with Crippen molar-refractivity contribution in [2.24, 2.45) is 0 Å². The summed E-state index contributed by atoms with van der Waals surface area (Å²) in [6, 6.07) is 9.48. The molecule has 1 N–H and O–H groups in total. The molecular formula is C23H23NO5S. The molecule has 1 amide bonds. The highest BCUT2D eigenvalue weighted by Gasteiger charge is 2.15. The summed E-state index contributed by atoms with van der Waals surface area (Å²) in [6.45, 7) is 7.47. The molecule has 0 aliphatic rings. The Kier molecular flexibility index (Phi) is 6.84. The Bertz CT molecular complexity index is 1180. The topological polar surface area (TPSA) is 81.7 Å². The van der Waals surface area contributed by atoms with E-state index in [1.165, 1.54) is 0 Å². The summed E-state index contributed by atoms with van der Waals surface area (Å²) >= 11 is 1.57. The van der Waals surface area contributed by atoms with Gasteiger partial charge in [-0.05, 0) is 44.0 Å². The minimum Gasteiger partial charge on any atom is -0.483 e. The largest absolute Gasteiger partial charge is 0.483 e. The lowest BCUT2D eigenvalue weighted by Gasteiger charge is -2.14. The Balaban J connectivity index is 1.70. The average Bonchev–Trinajstić information content (AvgIpc) is 2.73. The quantitative estimate of drug-likeness (QED) is 0.258. The van der Waals surface area contributed by atoms with E-state index in [1.54, 1.807) is 11.3 Å². The molecule has 6 nitrogen and oxygen atoms in total. The van der Waals surface area contributed by atoms with Gasteiger partial charge in [0.2, 0.25) is 0 Å². The standard InChI is InChI=1S/C23H23NO5S/c1-4-20(26)28-11-7-10-24-19(25)13-29-23-14(2)12-18-21(15(23)3)22(27)16-8-5-6-9-17(16)30-18/h4-6,8-9,12H,1,7,10-11,13H2,2-3H3,(H,24,25). The van der Waals surface area contributed by atoms with Gasteiger partial charge in [-0.25, -0.2) is 4.79 Å². The van der Waals surface area contributed by atoms with Crippen LogP contribution in [0.2, 0.25) is 0 Å². The first-order valence-corrected chi connectivity index (χ1v) is 10.4. The number of carbonyl (C=O) groups excluding carboxylic acids is 2. The van der Waals surface area contributed by atoms with Crippen molar-refractivity contribution in [3.8, 4) is 5.75 Å². The first-order chi connectivity index (χ1) is 14.4. The number of carbonyl (C=O) groups is 2. The highest BCUT2D eigenvalue weighted by molar-refractivity contribution is 7.24. The number of ether oxygens (including phenoxy) is 2. The van der Waals surface area contributed by atoms with Crippen molar-refractivity contribution in [2.45, 2.75) is 20.3 Å². The molecule has 0 saturated carbocycles. The highest BCUT2D eigenvalue weighted by atomic mass is 32.1. The zero-order valence-electron chi connectivity index (χ0n) is 16.9. The molecule has 0 unspecified atom stereocenters. The van der Waals surface area contributed by atoms with E-state index >= 15 is 0 Å². The fourth-order valence-corrected chi connectivity index (χ4v) is 4.47. The van der Waals surface area contributed by atoms with Gasteiger partial charge in [0.25, 0.3) is 5.91 Å². The SMILES string of the molecule is C=CC(=O)OCCCNC(=O)COc1c(C)cc2sc3ccccc3c(=O)c2c1C. The Labute approximate surface area is 178 Å². The van der Waals surface area contributed by atoms with Crippen molar-refractivity contribution >= 4 is 43.4 Å². The van der Waals surface area contributed by atoms with E-state index in [1.807, 2.05) is 44.2 Å². The first-order valence-electron chi connectivity index (χ1n) is 9.56. The van der Waals surface area contributed by atoms with Crippen LogP contribution in [0.15, 0.2) is 47.8 Å². The second-order valence-electron chi connectivity index (χ2n) is 6.81. The molecule has 156 valence electrons. The highest BCUT2D eigenvalue weighted by Crippen LogP contribution is 2.34. The molecule has 0 atom stereocenters. The van der Waals surface area contributed by atoms with Crippen molar-refractivity contribution in [3.63, 3.8) is 0 Å². The number of benzene rings is 2. The molecule has 3 aromatic rings. The van der Waals surface area contributed by atoms with Crippen LogP contribution in [0.4, 0.5) is 0 Å². The third kappa shape index (κ3) is 4.68. The first kappa shape index (κ1) is 21.5.